The molecule has 180 valence electrons. The number of allylic oxidation sites excluding steroid dienone is 3. The highest BCUT2D eigenvalue weighted by Crippen LogP contribution is 2.32. The van der Waals surface area contributed by atoms with Crippen molar-refractivity contribution in [1.29, 1.82) is 0 Å². The number of phenols is 2. The highest BCUT2D eigenvalue weighted by Gasteiger charge is 2.41. The van der Waals surface area contributed by atoms with E-state index >= 15 is 0 Å². The van der Waals surface area contributed by atoms with Gasteiger partial charge in [-0.3, -0.25) is 14.5 Å². The fourth-order valence-electron chi connectivity index (χ4n) is 4.97. The van der Waals surface area contributed by atoms with Gasteiger partial charge in [-0.25, -0.2) is 0 Å². The van der Waals surface area contributed by atoms with Crippen LogP contribution in [0.2, 0.25) is 0 Å². The van der Waals surface area contributed by atoms with Gasteiger partial charge in [0.25, 0.3) is 11.8 Å². The van der Waals surface area contributed by atoms with Crippen molar-refractivity contribution in [2.75, 3.05) is 0 Å². The first-order valence-electron chi connectivity index (χ1n) is 12.1. The van der Waals surface area contributed by atoms with Crippen LogP contribution in [-0.2, 0) is 0 Å². The van der Waals surface area contributed by atoms with Crippen molar-refractivity contribution in [2.24, 2.45) is 5.92 Å². The molecule has 3 aromatic rings. The number of unbranched alkanes of at least 4 members (excludes halogenated alkanes) is 1. The maximum atomic E-state index is 13.2. The third-order valence-corrected chi connectivity index (χ3v) is 6.79. The molecule has 5 rings (SSSR count). The Bertz CT molecular complexity index is 1270. The molecule has 0 aromatic heterocycles. The molecule has 0 saturated heterocycles. The fourth-order valence-corrected chi connectivity index (χ4v) is 4.97. The second-order valence-corrected chi connectivity index (χ2v) is 9.08. The number of carbonyl (C=O) groups excluding carboxylic acids is 2. The van der Waals surface area contributed by atoms with E-state index in [4.69, 9.17) is 0 Å². The Morgan fingerprint density at radius 3 is 1.78 bits per heavy atom. The lowest BCUT2D eigenvalue weighted by atomic mass is 9.92. The zero-order valence-electron chi connectivity index (χ0n) is 19.7. The summed E-state index contributed by atoms with van der Waals surface area (Å²) in [6, 6.07) is 20.8. The second-order valence-electron chi connectivity index (χ2n) is 9.08. The molecule has 3 aromatic carbocycles. The van der Waals surface area contributed by atoms with Crippen LogP contribution in [0.3, 0.4) is 0 Å². The van der Waals surface area contributed by atoms with Crippen molar-refractivity contribution >= 4 is 17.4 Å². The standard InChI is InChI=1S/C31H27NO4/c33-24-17-13-21(14-18-24)26(22-15-19-25(34)20-16-22)9-5-6-12-29(23-7-1-2-8-23)32-30(35)27-10-3-4-11-28(27)31(32)36/h1-4,7-11,13-20,23,29,33-34H,5-6,12H2. The monoisotopic (exact) mass is 477 g/mol. The Morgan fingerprint density at radius 1 is 0.778 bits per heavy atom. The molecule has 2 N–H and O–H groups in total. The van der Waals surface area contributed by atoms with E-state index in [1.165, 1.54) is 4.90 Å². The second kappa shape index (κ2) is 10.1. The molecule has 5 heteroatoms. The van der Waals surface area contributed by atoms with Crippen molar-refractivity contribution < 1.29 is 19.8 Å². The van der Waals surface area contributed by atoms with Gasteiger partial charge in [0.1, 0.15) is 11.5 Å². The lowest BCUT2D eigenvalue weighted by molar-refractivity contribution is 0.0552. The lowest BCUT2D eigenvalue weighted by Gasteiger charge is -2.29. The molecule has 1 heterocycles. The molecule has 0 bridgehead atoms. The third kappa shape index (κ3) is 4.60. The smallest absolute Gasteiger partial charge is 0.261 e. The Balaban J connectivity index is 1.37. The summed E-state index contributed by atoms with van der Waals surface area (Å²) >= 11 is 0. The largest absolute Gasteiger partial charge is 0.508 e. The van der Waals surface area contributed by atoms with Crippen LogP contribution in [0.1, 0.15) is 51.1 Å². The summed E-state index contributed by atoms with van der Waals surface area (Å²) in [4.78, 5) is 27.8. The Morgan fingerprint density at radius 2 is 1.28 bits per heavy atom. The molecule has 1 unspecified atom stereocenters. The van der Waals surface area contributed by atoms with E-state index in [-0.39, 0.29) is 35.3 Å². The zero-order chi connectivity index (χ0) is 25.1. The number of carbonyl (C=O) groups is 2. The highest BCUT2D eigenvalue weighted by molar-refractivity contribution is 6.21. The zero-order valence-corrected chi connectivity index (χ0v) is 19.7. The van der Waals surface area contributed by atoms with Crippen LogP contribution in [0.25, 0.3) is 5.57 Å². The predicted octanol–water partition coefficient (Wildman–Crippen LogP) is 6.11. The number of rotatable bonds is 8. The molecular formula is C31H27NO4. The quantitative estimate of drug-likeness (QED) is 0.303. The van der Waals surface area contributed by atoms with Gasteiger partial charge in [0.05, 0.1) is 17.2 Å². The van der Waals surface area contributed by atoms with E-state index in [1.807, 2.05) is 48.6 Å². The number of phenolic OH excluding ortho intramolecular Hbond substituents is 2. The van der Waals surface area contributed by atoms with Crippen molar-refractivity contribution in [2.45, 2.75) is 25.3 Å². The summed E-state index contributed by atoms with van der Waals surface area (Å²) in [6.45, 7) is 0. The van der Waals surface area contributed by atoms with Crippen LogP contribution in [-0.4, -0.2) is 33.0 Å². The molecule has 1 aliphatic heterocycles. The number of imide groups is 1. The minimum Gasteiger partial charge on any atom is -0.508 e. The fraction of sp³-hybridized carbons (Fsp3) is 0.161. The van der Waals surface area contributed by atoms with E-state index in [9.17, 15) is 19.8 Å². The van der Waals surface area contributed by atoms with E-state index < -0.39 is 0 Å². The Hall–Kier alpha value is -4.38. The van der Waals surface area contributed by atoms with E-state index in [0.717, 1.165) is 29.5 Å². The lowest BCUT2D eigenvalue weighted by Crippen LogP contribution is -2.43. The summed E-state index contributed by atoms with van der Waals surface area (Å²) in [7, 11) is 0. The van der Waals surface area contributed by atoms with Crippen molar-refractivity contribution in [3.63, 3.8) is 0 Å². The van der Waals surface area contributed by atoms with Crippen molar-refractivity contribution in [3.05, 3.63) is 125 Å². The predicted molar refractivity (Wildman–Crippen MR) is 140 cm³/mol. The van der Waals surface area contributed by atoms with Crippen LogP contribution < -0.4 is 0 Å². The van der Waals surface area contributed by atoms with E-state index in [2.05, 4.69) is 6.08 Å². The Kier molecular flexibility index (Phi) is 6.54. The topological polar surface area (TPSA) is 77.8 Å². The van der Waals surface area contributed by atoms with Crippen LogP contribution in [0.5, 0.6) is 11.5 Å². The molecule has 2 aliphatic rings. The van der Waals surface area contributed by atoms with Gasteiger partial charge in [-0.1, -0.05) is 66.8 Å². The van der Waals surface area contributed by atoms with Crippen LogP contribution >= 0.6 is 0 Å². The normalized spacial score (nSPS) is 15.4. The number of hydrogen-bond donors (Lipinski definition) is 2. The van der Waals surface area contributed by atoms with Gasteiger partial charge in [0.15, 0.2) is 0 Å². The SMILES string of the molecule is O=C1c2ccccc2C(=O)N1C(CCCC=C(c1ccc(O)cc1)c1ccc(O)cc1)C1C=CC=C1. The number of fused-ring (bicyclic) bond motifs is 1. The maximum Gasteiger partial charge on any atom is 0.261 e. The number of amides is 2. The van der Waals surface area contributed by atoms with Gasteiger partial charge in [-0.05, 0) is 72.4 Å². The minimum absolute atomic E-state index is 0.00939. The van der Waals surface area contributed by atoms with Crippen LogP contribution in [0, 0.1) is 5.92 Å². The molecule has 0 spiro atoms. The van der Waals surface area contributed by atoms with Crippen molar-refractivity contribution in [3.8, 4) is 11.5 Å². The third-order valence-electron chi connectivity index (χ3n) is 6.79. The van der Waals surface area contributed by atoms with Gasteiger partial charge in [-0.15, -0.1) is 0 Å². The summed E-state index contributed by atoms with van der Waals surface area (Å²) < 4.78 is 0. The first-order valence-corrected chi connectivity index (χ1v) is 12.1. The van der Waals surface area contributed by atoms with Gasteiger partial charge >= 0.3 is 0 Å². The summed E-state index contributed by atoms with van der Waals surface area (Å²) in [5.74, 6) is -0.0576. The highest BCUT2D eigenvalue weighted by atomic mass is 16.3. The van der Waals surface area contributed by atoms with Crippen LogP contribution in [0.15, 0.2) is 103 Å². The number of aromatic hydroxyl groups is 2. The average molecular weight is 478 g/mol. The molecule has 5 nitrogen and oxygen atoms in total. The van der Waals surface area contributed by atoms with Gasteiger partial charge in [0, 0.05) is 5.92 Å². The summed E-state index contributed by atoms with van der Waals surface area (Å²) in [5.41, 5.74) is 3.85. The first kappa shape index (κ1) is 23.4. The van der Waals surface area contributed by atoms with Gasteiger partial charge < -0.3 is 10.2 Å². The van der Waals surface area contributed by atoms with Gasteiger partial charge in [0.2, 0.25) is 0 Å². The molecule has 2 amide bonds. The molecule has 0 saturated carbocycles. The molecule has 0 fully saturated rings. The Labute approximate surface area is 210 Å². The van der Waals surface area contributed by atoms with Crippen LogP contribution in [0.4, 0.5) is 0 Å². The first-order chi connectivity index (χ1) is 17.5. The maximum absolute atomic E-state index is 13.2. The summed E-state index contributed by atoms with van der Waals surface area (Å²) in [5, 5.41) is 19.4. The van der Waals surface area contributed by atoms with Crippen molar-refractivity contribution in [1.82, 2.24) is 4.90 Å². The van der Waals surface area contributed by atoms with E-state index in [0.29, 0.717) is 17.5 Å². The molecule has 36 heavy (non-hydrogen) atoms. The molecular weight excluding hydrogens is 450 g/mol. The number of nitrogens with zero attached hydrogens (tertiary/aromatic N) is 1. The minimum atomic E-state index is -0.258. The molecule has 0 radical (unpaired) electrons. The number of benzene rings is 3. The summed E-state index contributed by atoms with van der Waals surface area (Å²) in [6.07, 6.45) is 12.3. The molecule has 1 aliphatic carbocycles. The average Bonchev–Trinajstić information content (AvgIpc) is 3.51. The van der Waals surface area contributed by atoms with Gasteiger partial charge in [-0.2, -0.15) is 0 Å². The number of hydrogen-bond acceptors (Lipinski definition) is 4. The molecule has 1 atom stereocenters. The van der Waals surface area contributed by atoms with E-state index in [1.54, 1.807) is 48.5 Å².